The van der Waals surface area contributed by atoms with E-state index in [1.807, 2.05) is 60.7 Å². The van der Waals surface area contributed by atoms with E-state index in [1.165, 1.54) is 0 Å². The minimum absolute atomic E-state index is 0.162. The summed E-state index contributed by atoms with van der Waals surface area (Å²) in [5, 5.41) is 7.12. The Balaban J connectivity index is 1.68. The number of carbonyl (C=O) groups is 1. The number of hydrogen-bond acceptors (Lipinski definition) is 4. The maximum Gasteiger partial charge on any atom is 0.407 e. The molecule has 1 aliphatic heterocycles. The smallest absolute Gasteiger partial charge is 0.407 e. The van der Waals surface area contributed by atoms with Gasteiger partial charge < -0.3 is 15.4 Å². The molecule has 2 heterocycles. The highest BCUT2D eigenvalue weighted by atomic mass is 16.6. The van der Waals surface area contributed by atoms with Crippen LogP contribution in [0.2, 0.25) is 0 Å². The van der Waals surface area contributed by atoms with Crippen molar-refractivity contribution in [3.05, 3.63) is 60.7 Å². The number of fused-ring (bicyclic) bond motifs is 1. The van der Waals surface area contributed by atoms with Gasteiger partial charge >= 0.3 is 6.09 Å². The highest BCUT2D eigenvalue weighted by molar-refractivity contribution is 5.93. The first-order valence-electron chi connectivity index (χ1n) is 7.93. The quantitative estimate of drug-likeness (QED) is 0.773. The van der Waals surface area contributed by atoms with Crippen LogP contribution in [0, 0.1) is 0 Å². The average Bonchev–Trinajstić information content (AvgIpc) is 3.05. The number of nitrogens with zero attached hydrogens (tertiary/aromatic N) is 1. The first-order chi connectivity index (χ1) is 11.8. The van der Waals surface area contributed by atoms with Crippen molar-refractivity contribution in [3.63, 3.8) is 0 Å². The van der Waals surface area contributed by atoms with Gasteiger partial charge in [-0.3, -0.25) is 0 Å². The average molecular weight is 319 g/mol. The molecule has 5 nitrogen and oxygen atoms in total. The number of pyridine rings is 1. The molecule has 0 aliphatic carbocycles. The molecule has 0 radical (unpaired) electrons. The Morgan fingerprint density at radius 1 is 1.12 bits per heavy atom. The van der Waals surface area contributed by atoms with Crippen molar-refractivity contribution in [2.24, 2.45) is 0 Å². The molecule has 4 rings (SSSR count). The van der Waals surface area contributed by atoms with Crippen molar-refractivity contribution in [1.82, 2.24) is 10.3 Å². The van der Waals surface area contributed by atoms with Crippen molar-refractivity contribution in [2.45, 2.75) is 6.10 Å². The predicted octanol–water partition coefficient (Wildman–Crippen LogP) is 3.42. The van der Waals surface area contributed by atoms with Crippen LogP contribution in [-0.4, -0.2) is 30.3 Å². The summed E-state index contributed by atoms with van der Waals surface area (Å²) in [6, 6.07) is 20.2. The maximum atomic E-state index is 11.1. The summed E-state index contributed by atoms with van der Waals surface area (Å²) in [6.07, 6.45) is -0.518. The van der Waals surface area contributed by atoms with Gasteiger partial charge in [0, 0.05) is 16.6 Å². The van der Waals surface area contributed by atoms with E-state index in [2.05, 4.69) is 10.6 Å². The van der Waals surface area contributed by atoms with E-state index in [-0.39, 0.29) is 12.2 Å². The topological polar surface area (TPSA) is 63.2 Å². The summed E-state index contributed by atoms with van der Waals surface area (Å²) in [4.78, 5) is 15.9. The first kappa shape index (κ1) is 14.5. The zero-order chi connectivity index (χ0) is 16.4. The van der Waals surface area contributed by atoms with E-state index in [4.69, 9.17) is 9.72 Å². The number of rotatable bonds is 4. The van der Waals surface area contributed by atoms with Gasteiger partial charge in [0.2, 0.25) is 0 Å². The Bertz CT molecular complexity index is 880. The molecule has 120 valence electrons. The van der Waals surface area contributed by atoms with Crippen LogP contribution in [0.1, 0.15) is 0 Å². The molecule has 1 aromatic heterocycles. The second-order valence-corrected chi connectivity index (χ2v) is 5.73. The van der Waals surface area contributed by atoms with E-state index in [0.29, 0.717) is 13.1 Å². The van der Waals surface area contributed by atoms with E-state index in [0.717, 1.165) is 27.8 Å². The van der Waals surface area contributed by atoms with Crippen LogP contribution in [0.3, 0.4) is 0 Å². The Labute approximate surface area is 139 Å². The molecule has 1 amide bonds. The number of aromatic nitrogens is 1. The summed E-state index contributed by atoms with van der Waals surface area (Å²) in [5.74, 6) is 0. The van der Waals surface area contributed by atoms with Gasteiger partial charge in [-0.25, -0.2) is 9.78 Å². The molecule has 0 spiro atoms. The number of nitrogens with one attached hydrogen (secondary N) is 2. The highest BCUT2D eigenvalue weighted by Crippen LogP contribution is 2.28. The van der Waals surface area contributed by atoms with E-state index in [1.54, 1.807) is 0 Å². The molecule has 1 saturated heterocycles. The molecule has 2 N–H and O–H groups in total. The lowest BCUT2D eigenvalue weighted by Gasteiger charge is -2.14. The van der Waals surface area contributed by atoms with Crippen molar-refractivity contribution >= 4 is 22.7 Å². The summed E-state index contributed by atoms with van der Waals surface area (Å²) in [7, 11) is 0. The molecule has 2 aromatic carbocycles. The Kier molecular flexibility index (Phi) is 3.75. The van der Waals surface area contributed by atoms with Crippen molar-refractivity contribution in [2.75, 3.05) is 18.4 Å². The zero-order valence-electron chi connectivity index (χ0n) is 13.0. The Hall–Kier alpha value is -3.08. The van der Waals surface area contributed by atoms with Crippen molar-refractivity contribution in [1.29, 1.82) is 0 Å². The number of hydrogen-bond donors (Lipinski definition) is 2. The molecule has 1 fully saturated rings. The Morgan fingerprint density at radius 3 is 2.71 bits per heavy atom. The molecule has 5 heteroatoms. The fraction of sp³-hybridized carbons (Fsp3) is 0.158. The van der Waals surface area contributed by atoms with Gasteiger partial charge in [0.05, 0.1) is 24.3 Å². The minimum Gasteiger partial charge on any atom is -0.442 e. The second-order valence-electron chi connectivity index (χ2n) is 5.73. The summed E-state index contributed by atoms with van der Waals surface area (Å²) in [5.41, 5.74) is 3.91. The van der Waals surface area contributed by atoms with Crippen molar-refractivity contribution in [3.8, 4) is 11.3 Å². The molecule has 1 atom stereocenters. The zero-order valence-corrected chi connectivity index (χ0v) is 13.0. The van der Waals surface area contributed by atoms with Gasteiger partial charge in [-0.2, -0.15) is 0 Å². The normalized spacial score (nSPS) is 16.7. The largest absolute Gasteiger partial charge is 0.442 e. The Morgan fingerprint density at radius 2 is 1.92 bits per heavy atom. The molecular weight excluding hydrogens is 302 g/mol. The second kappa shape index (κ2) is 6.20. The van der Waals surface area contributed by atoms with E-state index >= 15 is 0 Å². The highest BCUT2D eigenvalue weighted by Gasteiger charge is 2.22. The summed E-state index contributed by atoms with van der Waals surface area (Å²) < 4.78 is 5.18. The van der Waals surface area contributed by atoms with Crippen LogP contribution in [0.4, 0.5) is 10.5 Å². The van der Waals surface area contributed by atoms with Crippen LogP contribution in [-0.2, 0) is 4.74 Å². The number of carbonyl (C=O) groups excluding carboxylic acids is 1. The molecule has 1 aliphatic rings. The third-order valence-corrected chi connectivity index (χ3v) is 4.05. The molecule has 24 heavy (non-hydrogen) atoms. The van der Waals surface area contributed by atoms with Gasteiger partial charge in [-0.05, 0) is 12.1 Å². The maximum absolute atomic E-state index is 11.1. The number of cyclic esters (lactones) is 1. The predicted molar refractivity (Wildman–Crippen MR) is 93.9 cm³/mol. The van der Waals surface area contributed by atoms with Gasteiger partial charge in [0.15, 0.2) is 0 Å². The van der Waals surface area contributed by atoms with Crippen LogP contribution in [0.15, 0.2) is 60.7 Å². The van der Waals surface area contributed by atoms with Crippen LogP contribution in [0.25, 0.3) is 22.2 Å². The van der Waals surface area contributed by atoms with Crippen LogP contribution >= 0.6 is 0 Å². The lowest BCUT2D eigenvalue weighted by molar-refractivity contribution is 0.145. The van der Waals surface area contributed by atoms with Gasteiger partial charge in [-0.15, -0.1) is 0 Å². The third kappa shape index (κ3) is 2.88. The number of alkyl carbamates (subject to hydrolysis) is 1. The van der Waals surface area contributed by atoms with Crippen molar-refractivity contribution < 1.29 is 9.53 Å². The molecule has 1 unspecified atom stereocenters. The van der Waals surface area contributed by atoms with Gasteiger partial charge in [-0.1, -0.05) is 48.5 Å². The summed E-state index contributed by atoms with van der Waals surface area (Å²) in [6.45, 7) is 1.08. The number of anilines is 1. The fourth-order valence-corrected chi connectivity index (χ4v) is 2.85. The molecule has 3 aromatic rings. The SMILES string of the molecule is O=C1NCC(CNc2cc(-c3ccccc3)nc3ccccc23)O1. The molecular formula is C19H17N3O2. The number of benzene rings is 2. The lowest BCUT2D eigenvalue weighted by atomic mass is 10.1. The standard InChI is InChI=1S/C19H17N3O2/c23-19-21-12-14(24-19)11-20-18-10-17(13-6-2-1-3-7-13)22-16-9-5-4-8-15(16)18/h1-10,14H,11-12H2,(H,20,22)(H,21,23). The first-order valence-corrected chi connectivity index (χ1v) is 7.93. The summed E-state index contributed by atoms with van der Waals surface area (Å²) >= 11 is 0. The van der Waals surface area contributed by atoms with Crippen LogP contribution in [0.5, 0.6) is 0 Å². The van der Waals surface area contributed by atoms with E-state index < -0.39 is 0 Å². The lowest BCUT2D eigenvalue weighted by Crippen LogP contribution is -2.23. The van der Waals surface area contributed by atoms with Gasteiger partial charge in [0.1, 0.15) is 6.10 Å². The number of ether oxygens (including phenoxy) is 1. The number of amides is 1. The number of para-hydroxylation sites is 1. The van der Waals surface area contributed by atoms with E-state index in [9.17, 15) is 4.79 Å². The molecule has 0 bridgehead atoms. The monoisotopic (exact) mass is 319 g/mol. The third-order valence-electron chi connectivity index (χ3n) is 4.05. The molecule has 0 saturated carbocycles. The van der Waals surface area contributed by atoms with Crippen LogP contribution < -0.4 is 10.6 Å². The minimum atomic E-state index is -0.355. The van der Waals surface area contributed by atoms with Gasteiger partial charge in [0.25, 0.3) is 0 Å². The fourth-order valence-electron chi connectivity index (χ4n) is 2.85.